The number of rotatable bonds is 4. The van der Waals surface area contributed by atoms with Crippen LogP contribution in [0.25, 0.3) is 11.1 Å². The molecule has 0 fully saturated rings. The number of benzene rings is 2. The summed E-state index contributed by atoms with van der Waals surface area (Å²) in [5, 5.41) is 0. The Kier molecular flexibility index (Phi) is 6.86. The summed E-state index contributed by atoms with van der Waals surface area (Å²) in [4.78, 5) is 0. The van der Waals surface area contributed by atoms with Crippen LogP contribution in [-0.4, -0.2) is 7.11 Å². The maximum atomic E-state index is 5.28. The Morgan fingerprint density at radius 2 is 1.50 bits per heavy atom. The van der Waals surface area contributed by atoms with Crippen LogP contribution >= 0.6 is 0 Å². The summed E-state index contributed by atoms with van der Waals surface area (Å²) >= 11 is 0. The molecule has 1 nitrogen and oxygen atoms in total. The van der Waals surface area contributed by atoms with Gasteiger partial charge in [-0.05, 0) is 47.2 Å². The maximum absolute atomic E-state index is 5.28. The largest absolute Gasteiger partial charge is 0.497 e. The molecule has 0 N–H and O–H groups in total. The molecule has 0 bridgehead atoms. The van der Waals surface area contributed by atoms with Crippen LogP contribution in [0.3, 0.4) is 0 Å². The monoisotopic (exact) mass is 270 g/mol. The fourth-order valence-electron chi connectivity index (χ4n) is 2.19. The summed E-state index contributed by atoms with van der Waals surface area (Å²) < 4.78 is 5.28. The van der Waals surface area contributed by atoms with Gasteiger partial charge in [-0.15, -0.1) is 0 Å². The van der Waals surface area contributed by atoms with E-state index in [9.17, 15) is 0 Å². The Balaban J connectivity index is 0.000000956. The summed E-state index contributed by atoms with van der Waals surface area (Å²) in [5.74, 6) is 0.931. The van der Waals surface area contributed by atoms with Gasteiger partial charge in [0.15, 0.2) is 0 Å². The lowest BCUT2D eigenvalue weighted by molar-refractivity contribution is 0.414. The summed E-state index contributed by atoms with van der Waals surface area (Å²) in [6, 6.07) is 15.1. The topological polar surface area (TPSA) is 9.23 Å². The third-order valence-corrected chi connectivity index (χ3v) is 3.37. The van der Waals surface area contributed by atoms with Gasteiger partial charge in [0.2, 0.25) is 0 Å². The average Bonchev–Trinajstić information content (AvgIpc) is 2.56. The van der Waals surface area contributed by atoms with Gasteiger partial charge in [-0.1, -0.05) is 58.0 Å². The van der Waals surface area contributed by atoms with Gasteiger partial charge in [0.25, 0.3) is 0 Å². The predicted molar refractivity (Wildman–Crippen MR) is 88.5 cm³/mol. The Bertz CT molecular complexity index is 512. The summed E-state index contributed by atoms with van der Waals surface area (Å²) in [6.45, 7) is 8.36. The Morgan fingerprint density at radius 1 is 0.850 bits per heavy atom. The summed E-state index contributed by atoms with van der Waals surface area (Å²) in [6.07, 6.45) is 2.10. The fourth-order valence-corrected chi connectivity index (χ4v) is 2.19. The van der Waals surface area contributed by atoms with Gasteiger partial charge >= 0.3 is 0 Å². The van der Waals surface area contributed by atoms with Crippen LogP contribution in [0.5, 0.6) is 5.75 Å². The molecule has 1 heteroatoms. The van der Waals surface area contributed by atoms with Gasteiger partial charge in [0, 0.05) is 0 Å². The molecule has 0 aliphatic rings. The highest BCUT2D eigenvalue weighted by Gasteiger charge is 2.05. The van der Waals surface area contributed by atoms with E-state index in [1.54, 1.807) is 7.11 Å². The SMILES string of the molecule is CC.CCc1ccc(-c2ccc(OC)cc2CC)cc1. The van der Waals surface area contributed by atoms with Crippen molar-refractivity contribution in [1.29, 1.82) is 0 Å². The molecule has 0 saturated heterocycles. The zero-order valence-electron chi connectivity index (χ0n) is 13.4. The molecule has 20 heavy (non-hydrogen) atoms. The van der Waals surface area contributed by atoms with Crippen LogP contribution < -0.4 is 4.74 Å². The minimum absolute atomic E-state index is 0.931. The van der Waals surface area contributed by atoms with E-state index in [2.05, 4.69) is 50.2 Å². The molecule has 0 aliphatic heterocycles. The zero-order chi connectivity index (χ0) is 15.0. The third kappa shape index (κ3) is 3.86. The van der Waals surface area contributed by atoms with E-state index in [1.807, 2.05) is 19.9 Å². The highest BCUT2D eigenvalue weighted by atomic mass is 16.5. The molecular formula is C19H26O. The number of hydrogen-bond acceptors (Lipinski definition) is 1. The molecule has 108 valence electrons. The van der Waals surface area contributed by atoms with Crippen molar-refractivity contribution in [3.63, 3.8) is 0 Å². The normalized spacial score (nSPS) is 9.65. The Morgan fingerprint density at radius 3 is 2.00 bits per heavy atom. The fraction of sp³-hybridized carbons (Fsp3) is 0.368. The van der Waals surface area contributed by atoms with Crippen LogP contribution in [0.15, 0.2) is 42.5 Å². The number of ether oxygens (including phenoxy) is 1. The van der Waals surface area contributed by atoms with E-state index in [0.717, 1.165) is 18.6 Å². The minimum Gasteiger partial charge on any atom is -0.497 e. The first-order valence-electron chi connectivity index (χ1n) is 7.54. The van der Waals surface area contributed by atoms with Crippen LogP contribution in [0.4, 0.5) is 0 Å². The third-order valence-electron chi connectivity index (χ3n) is 3.37. The zero-order valence-corrected chi connectivity index (χ0v) is 13.4. The number of aryl methyl sites for hydroxylation is 2. The van der Waals surface area contributed by atoms with Crippen molar-refractivity contribution < 1.29 is 4.74 Å². The van der Waals surface area contributed by atoms with Crippen LogP contribution in [-0.2, 0) is 12.8 Å². The Hall–Kier alpha value is -1.76. The standard InChI is InChI=1S/C17H20O.C2H6/c1-4-13-6-8-15(9-7-13)17-11-10-16(18-3)12-14(17)5-2;1-2/h6-12H,4-5H2,1-3H3;1-2H3. The predicted octanol–water partition coefficient (Wildman–Crippen LogP) is 5.51. The van der Waals surface area contributed by atoms with Crippen molar-refractivity contribution in [2.45, 2.75) is 40.5 Å². The van der Waals surface area contributed by atoms with Gasteiger partial charge in [0.05, 0.1) is 7.11 Å². The highest BCUT2D eigenvalue weighted by molar-refractivity contribution is 5.68. The molecule has 0 amide bonds. The lowest BCUT2D eigenvalue weighted by Gasteiger charge is -2.10. The molecule has 2 rings (SSSR count). The molecule has 2 aromatic carbocycles. The first-order chi connectivity index (χ1) is 9.78. The highest BCUT2D eigenvalue weighted by Crippen LogP contribution is 2.28. The van der Waals surface area contributed by atoms with E-state index in [-0.39, 0.29) is 0 Å². The first-order valence-corrected chi connectivity index (χ1v) is 7.54. The van der Waals surface area contributed by atoms with Gasteiger partial charge in [0.1, 0.15) is 5.75 Å². The number of methoxy groups -OCH3 is 1. The van der Waals surface area contributed by atoms with E-state index in [4.69, 9.17) is 4.74 Å². The van der Waals surface area contributed by atoms with Crippen molar-refractivity contribution in [3.05, 3.63) is 53.6 Å². The molecule has 0 saturated carbocycles. The van der Waals surface area contributed by atoms with Crippen molar-refractivity contribution in [3.8, 4) is 16.9 Å². The molecule has 0 aliphatic carbocycles. The van der Waals surface area contributed by atoms with E-state index < -0.39 is 0 Å². The lowest BCUT2D eigenvalue weighted by atomic mass is 9.96. The van der Waals surface area contributed by atoms with Crippen LogP contribution in [0.1, 0.15) is 38.8 Å². The lowest BCUT2D eigenvalue weighted by Crippen LogP contribution is -1.91. The maximum Gasteiger partial charge on any atom is 0.119 e. The van der Waals surface area contributed by atoms with Gasteiger partial charge in [-0.2, -0.15) is 0 Å². The summed E-state index contributed by atoms with van der Waals surface area (Å²) in [5.41, 5.74) is 5.30. The van der Waals surface area contributed by atoms with Gasteiger partial charge in [-0.25, -0.2) is 0 Å². The van der Waals surface area contributed by atoms with E-state index in [1.165, 1.54) is 22.3 Å². The average molecular weight is 270 g/mol. The minimum atomic E-state index is 0.931. The van der Waals surface area contributed by atoms with Crippen molar-refractivity contribution >= 4 is 0 Å². The molecule has 0 radical (unpaired) electrons. The second-order valence-electron chi connectivity index (χ2n) is 4.43. The van der Waals surface area contributed by atoms with Gasteiger partial charge in [-0.3, -0.25) is 0 Å². The molecular weight excluding hydrogens is 244 g/mol. The van der Waals surface area contributed by atoms with Crippen LogP contribution in [0.2, 0.25) is 0 Å². The Labute approximate surface area is 123 Å². The molecule has 0 aromatic heterocycles. The van der Waals surface area contributed by atoms with E-state index >= 15 is 0 Å². The molecule has 2 aromatic rings. The van der Waals surface area contributed by atoms with Crippen LogP contribution in [0, 0.1) is 0 Å². The second-order valence-corrected chi connectivity index (χ2v) is 4.43. The van der Waals surface area contributed by atoms with Crippen molar-refractivity contribution in [1.82, 2.24) is 0 Å². The molecule has 0 heterocycles. The van der Waals surface area contributed by atoms with Crippen molar-refractivity contribution in [2.24, 2.45) is 0 Å². The molecule has 0 unspecified atom stereocenters. The quantitative estimate of drug-likeness (QED) is 0.711. The second kappa shape index (κ2) is 8.42. The first kappa shape index (κ1) is 16.3. The molecule has 0 spiro atoms. The van der Waals surface area contributed by atoms with E-state index in [0.29, 0.717) is 0 Å². The van der Waals surface area contributed by atoms with Crippen molar-refractivity contribution in [2.75, 3.05) is 7.11 Å². The smallest absolute Gasteiger partial charge is 0.119 e. The number of hydrogen-bond donors (Lipinski definition) is 0. The van der Waals surface area contributed by atoms with Gasteiger partial charge < -0.3 is 4.74 Å². The molecule has 0 atom stereocenters. The summed E-state index contributed by atoms with van der Waals surface area (Å²) in [7, 11) is 1.71.